The predicted octanol–water partition coefficient (Wildman–Crippen LogP) is 2.94. The maximum absolute atomic E-state index is 10.7. The molecule has 0 aliphatic heterocycles. The highest BCUT2D eigenvalue weighted by atomic mass is 35.5. The molecule has 0 heterocycles. The highest BCUT2D eigenvalue weighted by molar-refractivity contribution is 6.20. The first-order valence-corrected chi connectivity index (χ1v) is 4.55. The van der Waals surface area contributed by atoms with Crippen LogP contribution < -0.4 is 5.32 Å². The van der Waals surface area contributed by atoms with Crippen LogP contribution in [0.15, 0.2) is 24.3 Å². The third-order valence-electron chi connectivity index (χ3n) is 1.69. The maximum Gasteiger partial charge on any atom is 0.221 e. The summed E-state index contributed by atoms with van der Waals surface area (Å²) in [5.74, 6) is -0.0633. The Balaban J connectivity index is 2.75. The summed E-state index contributed by atoms with van der Waals surface area (Å²) in [6, 6.07) is 7.50. The fourth-order valence-corrected chi connectivity index (χ4v) is 1.18. The minimum absolute atomic E-state index is 0.00591. The van der Waals surface area contributed by atoms with Crippen molar-refractivity contribution in [2.75, 3.05) is 5.32 Å². The van der Waals surface area contributed by atoms with E-state index in [0.29, 0.717) is 0 Å². The van der Waals surface area contributed by atoms with E-state index in [0.717, 1.165) is 11.3 Å². The molecule has 0 aromatic heterocycles. The molecule has 1 aromatic carbocycles. The number of hydrogen-bond acceptors (Lipinski definition) is 1. The van der Waals surface area contributed by atoms with Gasteiger partial charge in [0.25, 0.3) is 0 Å². The van der Waals surface area contributed by atoms with E-state index >= 15 is 0 Å². The number of amides is 1. The van der Waals surface area contributed by atoms with Crippen molar-refractivity contribution in [1.82, 2.24) is 0 Å². The standard InChI is InChI=1S/C10H12ClNO/c1-7(11)9-3-5-10(6-4-9)12-8(2)13/h3-7H,1-2H3,(H,12,13). The van der Waals surface area contributed by atoms with Gasteiger partial charge in [0.2, 0.25) is 5.91 Å². The number of nitrogens with one attached hydrogen (secondary N) is 1. The minimum atomic E-state index is -0.0633. The molecule has 1 atom stereocenters. The lowest BCUT2D eigenvalue weighted by Crippen LogP contribution is -2.05. The zero-order chi connectivity index (χ0) is 9.84. The van der Waals surface area contributed by atoms with E-state index in [1.807, 2.05) is 31.2 Å². The second-order valence-electron chi connectivity index (χ2n) is 2.92. The van der Waals surface area contributed by atoms with Gasteiger partial charge in [-0.3, -0.25) is 4.79 Å². The molecule has 1 unspecified atom stereocenters. The number of anilines is 1. The molecule has 0 bridgehead atoms. The number of halogens is 1. The van der Waals surface area contributed by atoms with Crippen molar-refractivity contribution in [2.45, 2.75) is 19.2 Å². The Hall–Kier alpha value is -1.02. The smallest absolute Gasteiger partial charge is 0.221 e. The van der Waals surface area contributed by atoms with Gasteiger partial charge in [-0.05, 0) is 24.6 Å². The Morgan fingerprint density at radius 2 is 1.92 bits per heavy atom. The molecule has 1 aromatic rings. The molecule has 2 nitrogen and oxygen atoms in total. The zero-order valence-corrected chi connectivity index (χ0v) is 8.43. The molecule has 1 rings (SSSR count). The Labute approximate surface area is 82.9 Å². The van der Waals surface area contributed by atoms with E-state index in [4.69, 9.17) is 11.6 Å². The van der Waals surface area contributed by atoms with E-state index in [9.17, 15) is 4.79 Å². The Morgan fingerprint density at radius 1 is 1.38 bits per heavy atom. The van der Waals surface area contributed by atoms with Gasteiger partial charge in [-0.15, -0.1) is 11.6 Å². The van der Waals surface area contributed by atoms with Crippen LogP contribution >= 0.6 is 11.6 Å². The third-order valence-corrected chi connectivity index (χ3v) is 1.94. The zero-order valence-electron chi connectivity index (χ0n) is 7.67. The molecule has 0 spiro atoms. The van der Waals surface area contributed by atoms with Gasteiger partial charge in [0, 0.05) is 12.6 Å². The number of benzene rings is 1. The maximum atomic E-state index is 10.7. The van der Waals surface area contributed by atoms with Crippen molar-refractivity contribution in [2.24, 2.45) is 0 Å². The minimum Gasteiger partial charge on any atom is -0.326 e. The molecule has 0 aliphatic rings. The molecule has 0 aliphatic carbocycles. The van der Waals surface area contributed by atoms with Crippen LogP contribution in [0.3, 0.4) is 0 Å². The number of carbonyl (C=O) groups excluding carboxylic acids is 1. The molecule has 3 heteroatoms. The van der Waals surface area contributed by atoms with Crippen molar-refractivity contribution in [3.63, 3.8) is 0 Å². The van der Waals surface area contributed by atoms with Crippen LogP contribution in [0, 0.1) is 0 Å². The summed E-state index contributed by atoms with van der Waals surface area (Å²) >= 11 is 5.87. The summed E-state index contributed by atoms with van der Waals surface area (Å²) in [5, 5.41) is 2.69. The van der Waals surface area contributed by atoms with Crippen molar-refractivity contribution in [3.8, 4) is 0 Å². The molecule has 0 saturated heterocycles. The summed E-state index contributed by atoms with van der Waals surface area (Å²) in [7, 11) is 0. The van der Waals surface area contributed by atoms with Crippen LogP contribution in [0.1, 0.15) is 24.8 Å². The van der Waals surface area contributed by atoms with E-state index < -0.39 is 0 Å². The van der Waals surface area contributed by atoms with Gasteiger partial charge in [-0.25, -0.2) is 0 Å². The van der Waals surface area contributed by atoms with Crippen molar-refractivity contribution < 1.29 is 4.79 Å². The normalized spacial score (nSPS) is 12.2. The average molecular weight is 198 g/mol. The molecule has 1 amide bonds. The molecule has 70 valence electrons. The second kappa shape index (κ2) is 4.28. The lowest BCUT2D eigenvalue weighted by atomic mass is 10.1. The van der Waals surface area contributed by atoms with E-state index in [-0.39, 0.29) is 11.3 Å². The largest absolute Gasteiger partial charge is 0.326 e. The second-order valence-corrected chi connectivity index (χ2v) is 3.57. The van der Waals surface area contributed by atoms with Crippen molar-refractivity contribution >= 4 is 23.2 Å². The average Bonchev–Trinajstić information content (AvgIpc) is 2.04. The number of hydrogen-bond donors (Lipinski definition) is 1. The highest BCUT2D eigenvalue weighted by Crippen LogP contribution is 2.20. The van der Waals surface area contributed by atoms with Crippen LogP contribution in [0.4, 0.5) is 5.69 Å². The summed E-state index contributed by atoms with van der Waals surface area (Å²) in [5.41, 5.74) is 1.85. The first kappa shape index (κ1) is 10.1. The fourth-order valence-electron chi connectivity index (χ4n) is 1.03. The monoisotopic (exact) mass is 197 g/mol. The van der Waals surface area contributed by atoms with Gasteiger partial charge in [0.05, 0.1) is 5.38 Å². The number of alkyl halides is 1. The van der Waals surface area contributed by atoms with Gasteiger partial charge in [0.1, 0.15) is 0 Å². The fraction of sp³-hybridized carbons (Fsp3) is 0.300. The highest BCUT2D eigenvalue weighted by Gasteiger charge is 2.00. The topological polar surface area (TPSA) is 29.1 Å². The van der Waals surface area contributed by atoms with Gasteiger partial charge in [-0.1, -0.05) is 12.1 Å². The molecule has 1 N–H and O–H groups in total. The van der Waals surface area contributed by atoms with Gasteiger partial charge in [0.15, 0.2) is 0 Å². The van der Waals surface area contributed by atoms with E-state index in [2.05, 4.69) is 5.32 Å². The first-order chi connectivity index (χ1) is 6.09. The molecule has 0 fully saturated rings. The summed E-state index contributed by atoms with van der Waals surface area (Å²) < 4.78 is 0. The number of carbonyl (C=O) groups is 1. The molecular formula is C10H12ClNO. The molecule has 0 radical (unpaired) electrons. The lowest BCUT2D eigenvalue weighted by Gasteiger charge is -2.05. The van der Waals surface area contributed by atoms with Crippen LogP contribution in [0.5, 0.6) is 0 Å². The molecular weight excluding hydrogens is 186 g/mol. The molecule has 13 heavy (non-hydrogen) atoms. The number of rotatable bonds is 2. The van der Waals surface area contributed by atoms with Gasteiger partial charge < -0.3 is 5.32 Å². The summed E-state index contributed by atoms with van der Waals surface area (Å²) in [6.07, 6.45) is 0. The lowest BCUT2D eigenvalue weighted by molar-refractivity contribution is -0.114. The van der Waals surface area contributed by atoms with E-state index in [1.54, 1.807) is 0 Å². The first-order valence-electron chi connectivity index (χ1n) is 4.11. The quantitative estimate of drug-likeness (QED) is 0.726. The Bertz CT molecular complexity index is 292. The van der Waals surface area contributed by atoms with E-state index in [1.165, 1.54) is 6.92 Å². The predicted molar refractivity (Wildman–Crippen MR) is 55.0 cm³/mol. The molecule has 0 saturated carbocycles. The van der Waals surface area contributed by atoms with Crippen LogP contribution in [0.2, 0.25) is 0 Å². The Morgan fingerprint density at radius 3 is 2.31 bits per heavy atom. The summed E-state index contributed by atoms with van der Waals surface area (Å²) in [6.45, 7) is 3.40. The third kappa shape index (κ3) is 3.07. The van der Waals surface area contributed by atoms with Crippen LogP contribution in [-0.4, -0.2) is 5.91 Å². The van der Waals surface area contributed by atoms with Gasteiger partial charge in [-0.2, -0.15) is 0 Å². The van der Waals surface area contributed by atoms with Gasteiger partial charge >= 0.3 is 0 Å². The van der Waals surface area contributed by atoms with Crippen LogP contribution in [0.25, 0.3) is 0 Å². The Kier molecular flexibility index (Phi) is 3.32. The van der Waals surface area contributed by atoms with Crippen molar-refractivity contribution in [1.29, 1.82) is 0 Å². The summed E-state index contributed by atoms with van der Waals surface area (Å²) in [4.78, 5) is 10.7. The van der Waals surface area contributed by atoms with Crippen molar-refractivity contribution in [3.05, 3.63) is 29.8 Å². The SMILES string of the molecule is CC(=O)Nc1ccc(C(C)Cl)cc1. The van der Waals surface area contributed by atoms with Crippen LogP contribution in [-0.2, 0) is 4.79 Å².